The van der Waals surface area contributed by atoms with Crippen molar-refractivity contribution in [3.63, 3.8) is 0 Å². The van der Waals surface area contributed by atoms with Crippen LogP contribution in [0, 0.1) is 6.92 Å². The molecule has 0 bridgehead atoms. The second-order valence-electron chi connectivity index (χ2n) is 7.03. The molecule has 28 heavy (non-hydrogen) atoms. The summed E-state index contributed by atoms with van der Waals surface area (Å²) in [4.78, 5) is 10.8. The van der Waals surface area contributed by atoms with E-state index in [-0.39, 0.29) is 0 Å². The molecule has 6 heteroatoms. The molecular weight excluding hydrogens is 384 g/mol. The summed E-state index contributed by atoms with van der Waals surface area (Å²) in [6, 6.07) is 19.1. The monoisotopic (exact) mass is 404 g/mol. The zero-order valence-corrected chi connectivity index (χ0v) is 17.2. The third-order valence-electron chi connectivity index (χ3n) is 5.07. The first-order valence-electron chi connectivity index (χ1n) is 9.48. The van der Waals surface area contributed by atoms with Crippen molar-refractivity contribution < 1.29 is 0 Å². The lowest BCUT2D eigenvalue weighted by atomic mass is 9.85. The van der Waals surface area contributed by atoms with Crippen molar-refractivity contribution in [1.29, 1.82) is 0 Å². The van der Waals surface area contributed by atoms with E-state index in [0.29, 0.717) is 5.92 Å². The Kier molecular flexibility index (Phi) is 4.66. The van der Waals surface area contributed by atoms with Crippen LogP contribution in [-0.4, -0.2) is 14.3 Å². The van der Waals surface area contributed by atoms with Gasteiger partial charge < -0.3 is 5.32 Å². The fourth-order valence-corrected chi connectivity index (χ4v) is 5.47. The second-order valence-corrected chi connectivity index (χ2v) is 8.87. The average Bonchev–Trinajstić information content (AvgIpc) is 3.34. The Balaban J connectivity index is 1.37. The van der Waals surface area contributed by atoms with Crippen molar-refractivity contribution in [1.82, 2.24) is 14.3 Å². The van der Waals surface area contributed by atoms with E-state index in [0.717, 1.165) is 33.6 Å². The van der Waals surface area contributed by atoms with Crippen molar-refractivity contribution in [3.8, 4) is 10.6 Å². The van der Waals surface area contributed by atoms with Gasteiger partial charge in [0.25, 0.3) is 0 Å². The summed E-state index contributed by atoms with van der Waals surface area (Å²) in [5, 5.41) is 5.43. The molecule has 4 nitrogen and oxygen atoms in total. The molecule has 0 spiro atoms. The van der Waals surface area contributed by atoms with Crippen LogP contribution in [0.1, 0.15) is 40.7 Å². The number of nitrogens with zero attached hydrogens (tertiary/aromatic N) is 3. The van der Waals surface area contributed by atoms with Crippen molar-refractivity contribution in [2.45, 2.75) is 32.1 Å². The largest absolute Gasteiger partial charge is 0.332 e. The normalized spacial score (nSPS) is 16.0. The van der Waals surface area contributed by atoms with E-state index in [2.05, 4.69) is 69.3 Å². The van der Waals surface area contributed by atoms with Gasteiger partial charge in [-0.1, -0.05) is 30.3 Å². The first-order valence-corrected chi connectivity index (χ1v) is 11.1. The Hall–Kier alpha value is -2.57. The smallest absolute Gasteiger partial charge is 0.187 e. The summed E-state index contributed by atoms with van der Waals surface area (Å²) >= 11 is 3.23. The molecule has 2 aromatic carbocycles. The molecule has 0 saturated carbocycles. The lowest BCUT2D eigenvalue weighted by molar-refractivity contribution is 0.610. The maximum atomic E-state index is 4.97. The predicted molar refractivity (Wildman–Crippen MR) is 117 cm³/mol. The van der Waals surface area contributed by atoms with Crippen LogP contribution in [0.4, 0.5) is 10.8 Å². The van der Waals surface area contributed by atoms with Gasteiger partial charge in [-0.2, -0.15) is 4.37 Å². The van der Waals surface area contributed by atoms with Crippen LogP contribution in [-0.2, 0) is 6.42 Å². The molecule has 2 heterocycles. The lowest BCUT2D eigenvalue weighted by Gasteiger charge is -2.21. The second kappa shape index (κ2) is 7.45. The Bertz CT molecular complexity index is 1080. The summed E-state index contributed by atoms with van der Waals surface area (Å²) in [6.45, 7) is 1.92. The van der Waals surface area contributed by atoms with Crippen molar-refractivity contribution in [2.75, 3.05) is 5.32 Å². The molecular formula is C22H20N4S2. The maximum absolute atomic E-state index is 4.97. The molecule has 0 radical (unpaired) electrons. The third kappa shape index (κ3) is 3.45. The highest BCUT2D eigenvalue weighted by Gasteiger charge is 2.26. The molecule has 1 N–H and O–H groups in total. The summed E-state index contributed by atoms with van der Waals surface area (Å²) in [5.74, 6) is 1.24. The molecule has 0 amide bonds. The minimum atomic E-state index is 0.416. The summed E-state index contributed by atoms with van der Waals surface area (Å²) in [5.41, 5.74) is 4.77. The van der Waals surface area contributed by atoms with Gasteiger partial charge in [-0.3, -0.25) is 0 Å². The van der Waals surface area contributed by atoms with E-state index in [4.69, 9.17) is 4.98 Å². The molecule has 0 saturated heterocycles. The lowest BCUT2D eigenvalue weighted by Crippen LogP contribution is -2.09. The zero-order chi connectivity index (χ0) is 18.9. The number of hydrogen-bond acceptors (Lipinski definition) is 6. The van der Waals surface area contributed by atoms with Gasteiger partial charge in [0.2, 0.25) is 0 Å². The van der Waals surface area contributed by atoms with Crippen molar-refractivity contribution in [2.24, 2.45) is 0 Å². The van der Waals surface area contributed by atoms with Crippen LogP contribution in [0.15, 0.2) is 54.6 Å². The quantitative estimate of drug-likeness (QED) is 0.441. The topological polar surface area (TPSA) is 50.7 Å². The Morgan fingerprint density at radius 3 is 2.57 bits per heavy atom. The van der Waals surface area contributed by atoms with Crippen LogP contribution >= 0.6 is 22.9 Å². The molecule has 0 aliphatic heterocycles. The standard InChI is InChI=1S/C22H20N4S2/c1-14-23-21(28-26-14)16-10-12-17(13-11-16)24-22-25-20-18(8-5-9-19(20)27-22)15-6-3-2-4-7-15/h2-4,6-7,10-13,18H,5,8-9H2,1H3,(H,24,25). The van der Waals surface area contributed by atoms with Crippen LogP contribution < -0.4 is 5.32 Å². The molecule has 0 fully saturated rings. The number of rotatable bonds is 4. The molecule has 1 aliphatic carbocycles. The van der Waals surface area contributed by atoms with E-state index < -0.39 is 0 Å². The van der Waals surface area contributed by atoms with Gasteiger partial charge in [-0.15, -0.1) is 11.3 Å². The molecule has 4 aromatic rings. The average molecular weight is 405 g/mol. The Morgan fingerprint density at radius 2 is 1.82 bits per heavy atom. The summed E-state index contributed by atoms with van der Waals surface area (Å²) in [7, 11) is 0. The number of anilines is 2. The van der Waals surface area contributed by atoms with Gasteiger partial charge in [0, 0.05) is 22.0 Å². The number of thiazole rings is 1. The van der Waals surface area contributed by atoms with E-state index in [1.165, 1.54) is 40.5 Å². The number of fused-ring (bicyclic) bond motifs is 1. The Labute approximate surface area is 172 Å². The minimum Gasteiger partial charge on any atom is -0.332 e. The Morgan fingerprint density at radius 1 is 1.00 bits per heavy atom. The summed E-state index contributed by atoms with van der Waals surface area (Å²) < 4.78 is 4.26. The van der Waals surface area contributed by atoms with Gasteiger partial charge in [0.05, 0.1) is 5.69 Å². The number of hydrogen-bond donors (Lipinski definition) is 1. The third-order valence-corrected chi connectivity index (χ3v) is 6.97. The van der Waals surface area contributed by atoms with Crippen LogP contribution in [0.5, 0.6) is 0 Å². The fraction of sp³-hybridized carbons (Fsp3) is 0.227. The van der Waals surface area contributed by atoms with Crippen LogP contribution in [0.2, 0.25) is 0 Å². The van der Waals surface area contributed by atoms with Crippen LogP contribution in [0.3, 0.4) is 0 Å². The molecule has 1 aliphatic rings. The molecule has 1 unspecified atom stereocenters. The molecule has 140 valence electrons. The maximum Gasteiger partial charge on any atom is 0.187 e. The number of aryl methyl sites for hydroxylation is 2. The number of nitrogens with one attached hydrogen (secondary N) is 1. The fourth-order valence-electron chi connectivity index (χ4n) is 3.72. The van der Waals surface area contributed by atoms with E-state index in [1.54, 1.807) is 11.3 Å². The van der Waals surface area contributed by atoms with E-state index in [1.807, 2.05) is 6.92 Å². The number of aromatic nitrogens is 3. The van der Waals surface area contributed by atoms with Crippen molar-refractivity contribution in [3.05, 3.63) is 76.6 Å². The summed E-state index contributed by atoms with van der Waals surface area (Å²) in [6.07, 6.45) is 3.54. The van der Waals surface area contributed by atoms with Crippen LogP contribution in [0.25, 0.3) is 10.6 Å². The van der Waals surface area contributed by atoms with E-state index in [9.17, 15) is 0 Å². The van der Waals surface area contributed by atoms with E-state index >= 15 is 0 Å². The SMILES string of the molecule is Cc1nsc(-c2ccc(Nc3nc4c(s3)CCCC4c3ccccc3)cc2)n1. The first-order chi connectivity index (χ1) is 13.8. The van der Waals surface area contributed by atoms with Gasteiger partial charge in [0.15, 0.2) is 5.13 Å². The van der Waals surface area contributed by atoms with Gasteiger partial charge in [-0.25, -0.2) is 9.97 Å². The number of benzene rings is 2. The molecule has 5 rings (SSSR count). The first kappa shape index (κ1) is 17.5. The van der Waals surface area contributed by atoms with Gasteiger partial charge >= 0.3 is 0 Å². The predicted octanol–water partition coefficient (Wildman–Crippen LogP) is 6.18. The van der Waals surface area contributed by atoms with Gasteiger partial charge in [-0.05, 0) is 67.5 Å². The highest BCUT2D eigenvalue weighted by atomic mass is 32.1. The highest BCUT2D eigenvalue weighted by molar-refractivity contribution is 7.15. The zero-order valence-electron chi connectivity index (χ0n) is 15.6. The van der Waals surface area contributed by atoms with Gasteiger partial charge in [0.1, 0.15) is 10.8 Å². The van der Waals surface area contributed by atoms with Crippen molar-refractivity contribution >= 4 is 33.7 Å². The minimum absolute atomic E-state index is 0.416. The highest BCUT2D eigenvalue weighted by Crippen LogP contribution is 2.40. The molecule has 2 aromatic heterocycles. The molecule has 1 atom stereocenters.